The molecule has 2 aliphatic heterocycles. The van der Waals surface area contributed by atoms with Gasteiger partial charge in [0.2, 0.25) is 21.9 Å². The first-order valence-electron chi connectivity index (χ1n) is 13.0. The fourth-order valence-electron chi connectivity index (χ4n) is 5.06. The number of hydrogen-bond donors (Lipinski definition) is 1. The molecule has 2 saturated heterocycles. The lowest BCUT2D eigenvalue weighted by molar-refractivity contribution is 0.0531. The molecule has 13 nitrogen and oxygen atoms in total. The number of halogens is 1. The number of aromatic nitrogens is 5. The summed E-state index contributed by atoms with van der Waals surface area (Å²) >= 11 is 0. The van der Waals surface area contributed by atoms with E-state index in [9.17, 15) is 12.8 Å². The van der Waals surface area contributed by atoms with Gasteiger partial charge >= 0.3 is 0 Å². The van der Waals surface area contributed by atoms with Gasteiger partial charge in [-0.3, -0.25) is 9.29 Å². The minimum atomic E-state index is -4.06. The Morgan fingerprint density at radius 1 is 1.12 bits per heavy atom. The van der Waals surface area contributed by atoms with Gasteiger partial charge in [0, 0.05) is 26.3 Å². The van der Waals surface area contributed by atoms with Crippen molar-refractivity contribution in [1.29, 1.82) is 0 Å². The number of ether oxygens (including phenoxy) is 4. The van der Waals surface area contributed by atoms with Gasteiger partial charge < -0.3 is 23.8 Å². The molecule has 0 aliphatic carbocycles. The molecule has 0 bridgehead atoms. The van der Waals surface area contributed by atoms with Crippen LogP contribution in [0.3, 0.4) is 0 Å². The lowest BCUT2D eigenvalue weighted by Crippen LogP contribution is -2.51. The molecule has 15 heteroatoms. The lowest BCUT2D eigenvalue weighted by atomic mass is 10.1. The van der Waals surface area contributed by atoms with Crippen molar-refractivity contribution in [2.75, 3.05) is 50.1 Å². The zero-order valence-corrected chi connectivity index (χ0v) is 23.3. The standard InChI is InChI=1S/C25H32FN7O6S/c1-4-38-17-11-18(15-32(14-17)24-27-12-16(26)13-28-24)40(34,35)31-25-30-29-23(21-9-6-10-39-21)33(25)22-19(36-2)7-5-8-20(22)37-3/h5,7-8,12-13,17-18,21H,4,6,9-11,14-15H2,1-3H3,(H,30,31)/t17-,18-,21+/m0/s1. The quantitative estimate of drug-likeness (QED) is 0.380. The van der Waals surface area contributed by atoms with Crippen LogP contribution in [0.1, 0.15) is 38.1 Å². The largest absolute Gasteiger partial charge is 0.494 e. The molecule has 0 unspecified atom stereocenters. The van der Waals surface area contributed by atoms with Crippen LogP contribution in [0.25, 0.3) is 5.69 Å². The van der Waals surface area contributed by atoms with E-state index >= 15 is 0 Å². The average molecular weight is 578 g/mol. The SMILES string of the molecule is CCO[C@H]1C[C@H](S(=O)(=O)Nc2nnc([C@H]3CCCO3)n2-c2c(OC)cccc2OC)CN(c2ncc(F)cn2)C1. The molecule has 2 fully saturated rings. The molecule has 0 amide bonds. The van der Waals surface area contributed by atoms with Crippen molar-refractivity contribution in [3.8, 4) is 17.2 Å². The number of nitrogens with one attached hydrogen (secondary N) is 1. The maximum absolute atomic E-state index is 13.9. The van der Waals surface area contributed by atoms with Gasteiger partial charge in [-0.1, -0.05) is 6.07 Å². The zero-order chi connectivity index (χ0) is 28.3. The molecular weight excluding hydrogens is 545 g/mol. The van der Waals surface area contributed by atoms with Gasteiger partial charge in [-0.05, 0) is 38.3 Å². The van der Waals surface area contributed by atoms with E-state index in [1.165, 1.54) is 14.2 Å². The number of hydrogen-bond acceptors (Lipinski definition) is 11. The topological polar surface area (TPSA) is 143 Å². The molecule has 3 aromatic rings. The number of anilines is 2. The molecule has 216 valence electrons. The van der Waals surface area contributed by atoms with Crippen LogP contribution in [0.4, 0.5) is 16.3 Å². The second kappa shape index (κ2) is 11.9. The van der Waals surface area contributed by atoms with E-state index in [4.69, 9.17) is 18.9 Å². The summed E-state index contributed by atoms with van der Waals surface area (Å²) in [5.41, 5.74) is 0.442. The molecule has 1 N–H and O–H groups in total. The minimum Gasteiger partial charge on any atom is -0.494 e. The van der Waals surface area contributed by atoms with Gasteiger partial charge in [0.25, 0.3) is 0 Å². The summed E-state index contributed by atoms with van der Waals surface area (Å²) in [6.45, 7) is 3.23. The number of sulfonamides is 1. The number of para-hydroxylation sites is 1. The Kier molecular flexibility index (Phi) is 8.32. The van der Waals surface area contributed by atoms with Crippen LogP contribution in [-0.4, -0.2) is 85.0 Å². The Morgan fingerprint density at radius 2 is 1.85 bits per heavy atom. The fraction of sp³-hybridized carbons (Fsp3) is 0.520. The van der Waals surface area contributed by atoms with Crippen LogP contribution in [0.5, 0.6) is 11.5 Å². The number of benzene rings is 1. The van der Waals surface area contributed by atoms with E-state index in [-0.39, 0.29) is 31.0 Å². The summed E-state index contributed by atoms with van der Waals surface area (Å²) in [5, 5.41) is 7.63. The number of methoxy groups -OCH3 is 2. The molecular formula is C25H32FN7O6S. The Morgan fingerprint density at radius 3 is 2.48 bits per heavy atom. The highest BCUT2D eigenvalue weighted by Crippen LogP contribution is 2.39. The van der Waals surface area contributed by atoms with Crippen LogP contribution in [0.2, 0.25) is 0 Å². The van der Waals surface area contributed by atoms with Gasteiger partial charge in [-0.2, -0.15) is 0 Å². The summed E-state index contributed by atoms with van der Waals surface area (Å²) in [4.78, 5) is 9.75. The molecule has 2 aliphatic rings. The third-order valence-electron chi connectivity index (χ3n) is 6.87. The lowest BCUT2D eigenvalue weighted by Gasteiger charge is -2.37. The summed E-state index contributed by atoms with van der Waals surface area (Å²) in [7, 11) is -1.04. The predicted octanol–water partition coefficient (Wildman–Crippen LogP) is 2.49. The maximum Gasteiger partial charge on any atom is 0.243 e. The van der Waals surface area contributed by atoms with E-state index in [2.05, 4.69) is 24.9 Å². The van der Waals surface area contributed by atoms with Crippen LogP contribution in [0, 0.1) is 5.82 Å². The third kappa shape index (κ3) is 5.67. The van der Waals surface area contributed by atoms with Crippen LogP contribution >= 0.6 is 0 Å². The average Bonchev–Trinajstić information content (AvgIpc) is 3.63. The Hall–Kier alpha value is -3.56. The minimum absolute atomic E-state index is 0.0311. The fourth-order valence-corrected chi connectivity index (χ4v) is 6.45. The van der Waals surface area contributed by atoms with E-state index in [0.29, 0.717) is 49.2 Å². The van der Waals surface area contributed by atoms with Crippen molar-refractivity contribution in [2.45, 2.75) is 43.6 Å². The molecule has 0 radical (unpaired) electrons. The summed E-state index contributed by atoms with van der Waals surface area (Å²) in [6, 6.07) is 5.25. The van der Waals surface area contributed by atoms with Crippen molar-refractivity contribution < 1.29 is 31.8 Å². The second-order valence-electron chi connectivity index (χ2n) is 9.42. The third-order valence-corrected chi connectivity index (χ3v) is 8.56. The molecule has 1 aromatic carbocycles. The number of piperidine rings is 1. The number of nitrogens with zero attached hydrogens (tertiary/aromatic N) is 6. The summed E-state index contributed by atoms with van der Waals surface area (Å²) < 4.78 is 68.4. The smallest absolute Gasteiger partial charge is 0.243 e. The van der Waals surface area contributed by atoms with Crippen molar-refractivity contribution in [2.24, 2.45) is 0 Å². The highest BCUT2D eigenvalue weighted by Gasteiger charge is 2.39. The van der Waals surface area contributed by atoms with Crippen molar-refractivity contribution in [3.05, 3.63) is 42.2 Å². The van der Waals surface area contributed by atoms with Crippen molar-refractivity contribution in [1.82, 2.24) is 24.7 Å². The highest BCUT2D eigenvalue weighted by atomic mass is 32.2. The van der Waals surface area contributed by atoms with Crippen molar-refractivity contribution in [3.63, 3.8) is 0 Å². The van der Waals surface area contributed by atoms with Crippen LogP contribution in [0.15, 0.2) is 30.6 Å². The van der Waals surface area contributed by atoms with Crippen LogP contribution in [-0.2, 0) is 19.5 Å². The van der Waals surface area contributed by atoms with Gasteiger partial charge in [0.15, 0.2) is 11.6 Å². The Labute approximate surface area is 231 Å². The molecule has 3 atom stereocenters. The molecule has 0 saturated carbocycles. The van der Waals surface area contributed by atoms with E-state index in [1.807, 2.05) is 6.92 Å². The first kappa shape index (κ1) is 28.0. The molecule has 0 spiro atoms. The molecule has 2 aromatic heterocycles. The van der Waals surface area contributed by atoms with Crippen molar-refractivity contribution >= 4 is 21.9 Å². The molecule has 4 heterocycles. The predicted molar refractivity (Wildman–Crippen MR) is 143 cm³/mol. The number of rotatable bonds is 10. The zero-order valence-electron chi connectivity index (χ0n) is 22.5. The van der Waals surface area contributed by atoms with E-state index < -0.39 is 27.2 Å². The summed E-state index contributed by atoms with van der Waals surface area (Å²) in [6.07, 6.45) is 3.06. The van der Waals surface area contributed by atoms with Gasteiger partial charge in [0.05, 0.1) is 32.7 Å². The maximum atomic E-state index is 13.9. The Bertz CT molecular complexity index is 1390. The Balaban J connectivity index is 1.52. The molecule has 5 rings (SSSR count). The second-order valence-corrected chi connectivity index (χ2v) is 11.4. The highest BCUT2D eigenvalue weighted by molar-refractivity contribution is 7.93. The van der Waals surface area contributed by atoms with Gasteiger partial charge in [-0.15, -0.1) is 10.2 Å². The molecule has 40 heavy (non-hydrogen) atoms. The normalized spacial score (nSPS) is 21.4. The summed E-state index contributed by atoms with van der Waals surface area (Å²) in [5.74, 6) is 0.904. The van der Waals surface area contributed by atoms with Crippen LogP contribution < -0.4 is 19.1 Å². The van der Waals surface area contributed by atoms with E-state index in [1.54, 1.807) is 27.7 Å². The van der Waals surface area contributed by atoms with E-state index in [0.717, 1.165) is 18.8 Å². The monoisotopic (exact) mass is 577 g/mol. The first-order chi connectivity index (χ1) is 19.3. The first-order valence-corrected chi connectivity index (χ1v) is 14.5. The van der Waals surface area contributed by atoms with Gasteiger partial charge in [-0.25, -0.2) is 22.8 Å². The van der Waals surface area contributed by atoms with Gasteiger partial charge in [0.1, 0.15) is 28.5 Å².